The van der Waals surface area contributed by atoms with Gasteiger partial charge >= 0.3 is 12.2 Å². The van der Waals surface area contributed by atoms with Crippen LogP contribution in [0.15, 0.2) is 24.3 Å². The van der Waals surface area contributed by atoms with Gasteiger partial charge in [-0.15, -0.1) is 0 Å². The van der Waals surface area contributed by atoms with Crippen LogP contribution in [0.4, 0.5) is 23.7 Å². The van der Waals surface area contributed by atoms with E-state index in [1.54, 1.807) is 0 Å². The standard InChI is InChI=1S/C13H14F3N3O2/c14-13(15,16)9-1-3-10(4-2-9)18-12(21)19-7-5-11(20)17-6-8-19/h1-4H,5-8H2,(H,17,20)(H,18,21). The Bertz CT molecular complexity index is 528. The summed E-state index contributed by atoms with van der Waals surface area (Å²) in [7, 11) is 0. The number of anilines is 1. The smallest absolute Gasteiger partial charge is 0.354 e. The van der Waals surface area contributed by atoms with Gasteiger partial charge in [0.2, 0.25) is 5.91 Å². The molecule has 2 N–H and O–H groups in total. The van der Waals surface area contributed by atoms with Crippen LogP contribution in [0, 0.1) is 0 Å². The van der Waals surface area contributed by atoms with Crippen LogP contribution in [-0.4, -0.2) is 36.5 Å². The number of hydrogen-bond acceptors (Lipinski definition) is 2. The number of halogens is 3. The van der Waals surface area contributed by atoms with Crippen molar-refractivity contribution in [2.75, 3.05) is 25.0 Å². The summed E-state index contributed by atoms with van der Waals surface area (Å²) in [6.45, 7) is 0.996. The first-order valence-electron chi connectivity index (χ1n) is 6.36. The first-order valence-corrected chi connectivity index (χ1v) is 6.36. The highest BCUT2D eigenvalue weighted by atomic mass is 19.4. The number of nitrogens with one attached hydrogen (secondary N) is 2. The zero-order valence-electron chi connectivity index (χ0n) is 11.0. The van der Waals surface area contributed by atoms with E-state index in [2.05, 4.69) is 10.6 Å². The number of carbonyl (C=O) groups excluding carboxylic acids is 2. The molecule has 1 aliphatic heterocycles. The number of urea groups is 1. The molecular weight excluding hydrogens is 287 g/mol. The Morgan fingerprint density at radius 2 is 1.86 bits per heavy atom. The molecule has 0 spiro atoms. The largest absolute Gasteiger partial charge is 0.416 e. The van der Waals surface area contributed by atoms with Crippen LogP contribution in [0.25, 0.3) is 0 Å². The van der Waals surface area contributed by atoms with Crippen LogP contribution in [0.5, 0.6) is 0 Å². The van der Waals surface area contributed by atoms with Gasteiger partial charge in [0.05, 0.1) is 5.56 Å². The molecule has 0 atom stereocenters. The van der Waals surface area contributed by atoms with Gasteiger partial charge in [-0.05, 0) is 24.3 Å². The molecule has 3 amide bonds. The van der Waals surface area contributed by atoms with Gasteiger partial charge in [-0.1, -0.05) is 0 Å². The van der Waals surface area contributed by atoms with Gasteiger partial charge in [-0.25, -0.2) is 4.79 Å². The van der Waals surface area contributed by atoms with E-state index >= 15 is 0 Å². The average molecular weight is 301 g/mol. The predicted molar refractivity (Wildman–Crippen MR) is 69.7 cm³/mol. The van der Waals surface area contributed by atoms with Crippen molar-refractivity contribution in [2.24, 2.45) is 0 Å². The molecule has 21 heavy (non-hydrogen) atoms. The molecule has 0 aliphatic carbocycles. The zero-order chi connectivity index (χ0) is 15.5. The third kappa shape index (κ3) is 4.11. The molecule has 1 aliphatic rings. The summed E-state index contributed by atoms with van der Waals surface area (Å²) in [5.74, 6) is -0.125. The molecule has 5 nitrogen and oxygen atoms in total. The quantitative estimate of drug-likeness (QED) is 0.834. The van der Waals surface area contributed by atoms with Crippen molar-refractivity contribution in [3.05, 3.63) is 29.8 Å². The minimum Gasteiger partial charge on any atom is -0.354 e. The average Bonchev–Trinajstić information content (AvgIpc) is 2.63. The Morgan fingerprint density at radius 1 is 1.19 bits per heavy atom. The Balaban J connectivity index is 1.97. The van der Waals surface area contributed by atoms with E-state index in [0.717, 1.165) is 12.1 Å². The van der Waals surface area contributed by atoms with E-state index in [1.165, 1.54) is 17.0 Å². The Hall–Kier alpha value is -2.25. The highest BCUT2D eigenvalue weighted by Crippen LogP contribution is 2.29. The molecule has 1 aromatic carbocycles. The normalized spacial score (nSPS) is 16.1. The first-order chi connectivity index (χ1) is 9.86. The summed E-state index contributed by atoms with van der Waals surface area (Å²) in [4.78, 5) is 24.6. The summed E-state index contributed by atoms with van der Waals surface area (Å²) >= 11 is 0. The Kier molecular flexibility index (Phi) is 4.35. The summed E-state index contributed by atoms with van der Waals surface area (Å²) < 4.78 is 37.3. The fourth-order valence-corrected chi connectivity index (χ4v) is 1.92. The fraction of sp³-hybridized carbons (Fsp3) is 0.385. The number of benzene rings is 1. The topological polar surface area (TPSA) is 61.4 Å². The lowest BCUT2D eigenvalue weighted by Gasteiger charge is -2.20. The third-order valence-corrected chi connectivity index (χ3v) is 3.06. The lowest BCUT2D eigenvalue weighted by Crippen LogP contribution is -2.37. The lowest BCUT2D eigenvalue weighted by atomic mass is 10.2. The van der Waals surface area contributed by atoms with Crippen molar-refractivity contribution in [2.45, 2.75) is 12.6 Å². The maximum atomic E-state index is 12.4. The van der Waals surface area contributed by atoms with E-state index in [4.69, 9.17) is 0 Å². The van der Waals surface area contributed by atoms with E-state index in [-0.39, 0.29) is 24.6 Å². The van der Waals surface area contributed by atoms with Gasteiger partial charge in [-0.2, -0.15) is 13.2 Å². The number of alkyl halides is 3. The van der Waals surface area contributed by atoms with Crippen molar-refractivity contribution in [1.82, 2.24) is 10.2 Å². The maximum absolute atomic E-state index is 12.4. The van der Waals surface area contributed by atoms with E-state index in [9.17, 15) is 22.8 Å². The SMILES string of the molecule is O=C1CCN(C(=O)Nc2ccc(C(F)(F)F)cc2)CCN1. The van der Waals surface area contributed by atoms with Gasteiger partial charge < -0.3 is 15.5 Å². The second kappa shape index (κ2) is 6.02. The molecule has 1 saturated heterocycles. The second-order valence-corrected chi connectivity index (χ2v) is 4.59. The first kappa shape index (κ1) is 15.1. The molecule has 1 aromatic rings. The number of rotatable bonds is 1. The van der Waals surface area contributed by atoms with E-state index < -0.39 is 17.8 Å². The molecule has 8 heteroatoms. The number of carbonyl (C=O) groups is 2. The van der Waals surface area contributed by atoms with Crippen LogP contribution >= 0.6 is 0 Å². The lowest BCUT2D eigenvalue weighted by molar-refractivity contribution is -0.137. The molecule has 2 rings (SSSR count). The van der Waals surface area contributed by atoms with Gasteiger partial charge in [-0.3, -0.25) is 4.79 Å². The zero-order valence-corrected chi connectivity index (χ0v) is 11.0. The van der Waals surface area contributed by atoms with Gasteiger partial charge in [0.1, 0.15) is 0 Å². The molecule has 0 radical (unpaired) electrons. The Labute approximate surface area is 119 Å². The minimum absolute atomic E-state index is 0.125. The van der Waals surface area contributed by atoms with Crippen molar-refractivity contribution in [3.63, 3.8) is 0 Å². The van der Waals surface area contributed by atoms with Gasteiger partial charge in [0.25, 0.3) is 0 Å². The third-order valence-electron chi connectivity index (χ3n) is 3.06. The number of amides is 3. The van der Waals surface area contributed by atoms with E-state index in [0.29, 0.717) is 13.1 Å². The van der Waals surface area contributed by atoms with Crippen molar-refractivity contribution >= 4 is 17.6 Å². The number of nitrogens with zero attached hydrogens (tertiary/aromatic N) is 1. The Morgan fingerprint density at radius 3 is 2.48 bits per heavy atom. The minimum atomic E-state index is -4.40. The molecule has 114 valence electrons. The molecule has 1 fully saturated rings. The molecular formula is C13H14F3N3O2. The van der Waals surface area contributed by atoms with Gasteiger partial charge in [0, 0.05) is 31.7 Å². The van der Waals surface area contributed by atoms with Crippen molar-refractivity contribution in [3.8, 4) is 0 Å². The van der Waals surface area contributed by atoms with Crippen LogP contribution in [0.3, 0.4) is 0 Å². The van der Waals surface area contributed by atoms with Crippen molar-refractivity contribution < 1.29 is 22.8 Å². The summed E-state index contributed by atoms with van der Waals surface area (Å²) in [6.07, 6.45) is -4.19. The highest BCUT2D eigenvalue weighted by molar-refractivity contribution is 5.90. The van der Waals surface area contributed by atoms with Crippen molar-refractivity contribution in [1.29, 1.82) is 0 Å². The molecule has 0 unspecified atom stereocenters. The maximum Gasteiger partial charge on any atom is 0.416 e. The summed E-state index contributed by atoms with van der Waals surface area (Å²) in [5, 5.41) is 5.15. The molecule has 0 saturated carbocycles. The highest BCUT2D eigenvalue weighted by Gasteiger charge is 2.30. The predicted octanol–water partition coefficient (Wildman–Crippen LogP) is 2.06. The van der Waals surface area contributed by atoms with E-state index in [1.807, 2.05) is 0 Å². The molecule has 0 bridgehead atoms. The molecule has 1 heterocycles. The molecule has 0 aromatic heterocycles. The van der Waals surface area contributed by atoms with Crippen LogP contribution in [0.2, 0.25) is 0 Å². The van der Waals surface area contributed by atoms with Crippen LogP contribution in [0.1, 0.15) is 12.0 Å². The number of hydrogen-bond donors (Lipinski definition) is 2. The fourth-order valence-electron chi connectivity index (χ4n) is 1.92. The summed E-state index contributed by atoms with van der Waals surface area (Å²) in [5.41, 5.74) is -0.499. The monoisotopic (exact) mass is 301 g/mol. The second-order valence-electron chi connectivity index (χ2n) is 4.59. The van der Waals surface area contributed by atoms with Crippen LogP contribution in [-0.2, 0) is 11.0 Å². The summed E-state index contributed by atoms with van der Waals surface area (Å²) in [6, 6.07) is 3.77. The van der Waals surface area contributed by atoms with Crippen LogP contribution < -0.4 is 10.6 Å². The van der Waals surface area contributed by atoms with Gasteiger partial charge in [0.15, 0.2) is 0 Å².